The van der Waals surface area contributed by atoms with E-state index >= 15 is 0 Å². The summed E-state index contributed by atoms with van der Waals surface area (Å²) < 4.78 is 39.8. The van der Waals surface area contributed by atoms with E-state index in [-0.39, 0.29) is 23.7 Å². The molecule has 2 heterocycles. The van der Waals surface area contributed by atoms with Gasteiger partial charge < -0.3 is 19.0 Å². The van der Waals surface area contributed by atoms with E-state index in [2.05, 4.69) is 15.4 Å². The smallest absolute Gasteiger partial charge is 0.329 e. The molecule has 2 amide bonds. The summed E-state index contributed by atoms with van der Waals surface area (Å²) >= 11 is 6.02. The Kier molecular flexibility index (Phi) is 10.4. The number of benzene rings is 3. The standard InChI is InChI=1S/C33H34ClN5O6S/c1-24-7-15-29(16-8-24)46(42,43)39(22-25-9-11-26(34)12-10-25)23-28-14-13-27(45-28)21-35-36-32(40)33(41)38-19-17-37(18-20-38)30-5-3-4-6-31(30)44-2/h3-16,21H,17-20,22-23H2,1-2H3,(H,36,40)/b35-21+. The van der Waals surface area contributed by atoms with Gasteiger partial charge in [-0.2, -0.15) is 9.41 Å². The summed E-state index contributed by atoms with van der Waals surface area (Å²) in [6.45, 7) is 3.75. The Bertz CT molecular complexity index is 1800. The highest BCUT2D eigenvalue weighted by atomic mass is 35.5. The number of piperazine rings is 1. The van der Waals surface area contributed by atoms with E-state index < -0.39 is 21.8 Å². The molecule has 0 bridgehead atoms. The van der Waals surface area contributed by atoms with Crippen molar-refractivity contribution in [3.05, 3.63) is 113 Å². The summed E-state index contributed by atoms with van der Waals surface area (Å²) in [5.74, 6) is -0.172. The summed E-state index contributed by atoms with van der Waals surface area (Å²) in [5.41, 5.74) is 4.89. The highest BCUT2D eigenvalue weighted by Gasteiger charge is 2.28. The molecule has 0 atom stereocenters. The van der Waals surface area contributed by atoms with Gasteiger partial charge in [-0.3, -0.25) is 9.59 Å². The first kappa shape index (κ1) is 32.7. The molecule has 11 nitrogen and oxygen atoms in total. The third-order valence-electron chi connectivity index (χ3n) is 7.49. The summed E-state index contributed by atoms with van der Waals surface area (Å²) in [6, 6.07) is 24.5. The Morgan fingerprint density at radius 3 is 2.35 bits per heavy atom. The SMILES string of the molecule is COc1ccccc1N1CCN(C(=O)C(=O)N/N=C/c2ccc(CN(Cc3ccc(Cl)cc3)S(=O)(=O)c3ccc(C)cc3)o2)CC1. The number of aryl methyl sites for hydroxylation is 1. The fourth-order valence-electron chi connectivity index (χ4n) is 4.99. The molecule has 0 spiro atoms. The first-order valence-corrected chi connectivity index (χ1v) is 16.4. The number of halogens is 1. The Balaban J connectivity index is 1.19. The predicted octanol–water partition coefficient (Wildman–Crippen LogP) is 4.44. The lowest BCUT2D eigenvalue weighted by Crippen LogP contribution is -2.52. The number of sulfonamides is 1. The number of hydrogen-bond donors (Lipinski definition) is 1. The van der Waals surface area contributed by atoms with Crippen molar-refractivity contribution in [3.63, 3.8) is 0 Å². The van der Waals surface area contributed by atoms with Crippen molar-refractivity contribution in [3.8, 4) is 5.75 Å². The van der Waals surface area contributed by atoms with E-state index in [1.54, 1.807) is 67.8 Å². The van der Waals surface area contributed by atoms with E-state index in [9.17, 15) is 18.0 Å². The van der Waals surface area contributed by atoms with Crippen LogP contribution >= 0.6 is 11.6 Å². The quantitative estimate of drug-likeness (QED) is 0.151. The molecule has 240 valence electrons. The fourth-order valence-corrected chi connectivity index (χ4v) is 6.51. The van der Waals surface area contributed by atoms with Crippen LogP contribution in [0.25, 0.3) is 0 Å². The molecule has 0 radical (unpaired) electrons. The van der Waals surface area contributed by atoms with Crippen molar-refractivity contribution in [2.45, 2.75) is 24.9 Å². The van der Waals surface area contributed by atoms with Crippen LogP contribution in [0.4, 0.5) is 5.69 Å². The van der Waals surface area contributed by atoms with Crippen molar-refractivity contribution in [2.24, 2.45) is 5.10 Å². The molecule has 46 heavy (non-hydrogen) atoms. The Morgan fingerprint density at radius 1 is 0.957 bits per heavy atom. The molecule has 1 fully saturated rings. The van der Waals surface area contributed by atoms with Gasteiger partial charge in [-0.25, -0.2) is 13.8 Å². The number of methoxy groups -OCH3 is 1. The fraction of sp³-hybridized carbons (Fsp3) is 0.242. The molecule has 3 aromatic carbocycles. The number of carbonyl (C=O) groups excluding carboxylic acids is 2. The normalized spacial score (nSPS) is 13.7. The van der Waals surface area contributed by atoms with Gasteiger partial charge in [0.15, 0.2) is 0 Å². The lowest BCUT2D eigenvalue weighted by molar-refractivity contribution is -0.146. The second kappa shape index (κ2) is 14.6. The van der Waals surface area contributed by atoms with Crippen LogP contribution in [0, 0.1) is 6.92 Å². The first-order valence-electron chi connectivity index (χ1n) is 14.5. The molecule has 5 rings (SSSR count). The van der Waals surface area contributed by atoms with Crippen LogP contribution in [-0.2, 0) is 32.7 Å². The van der Waals surface area contributed by atoms with Crippen LogP contribution in [0.1, 0.15) is 22.6 Å². The molecule has 0 saturated carbocycles. The Morgan fingerprint density at radius 2 is 1.65 bits per heavy atom. The van der Waals surface area contributed by atoms with Gasteiger partial charge in [0.2, 0.25) is 10.0 Å². The average Bonchev–Trinajstić information content (AvgIpc) is 3.52. The molecule has 1 aliphatic heterocycles. The lowest BCUT2D eigenvalue weighted by Gasteiger charge is -2.36. The molecule has 1 N–H and O–H groups in total. The number of amides is 2. The number of nitrogens with one attached hydrogen (secondary N) is 1. The second-order valence-corrected chi connectivity index (χ2v) is 13.0. The summed E-state index contributed by atoms with van der Waals surface area (Å²) in [4.78, 5) is 29.0. The van der Waals surface area contributed by atoms with Gasteiger partial charge in [0.1, 0.15) is 17.3 Å². The average molecular weight is 664 g/mol. The third-order valence-corrected chi connectivity index (χ3v) is 9.55. The summed E-state index contributed by atoms with van der Waals surface area (Å²) in [6.07, 6.45) is 1.26. The molecule has 1 aliphatic rings. The highest BCUT2D eigenvalue weighted by molar-refractivity contribution is 7.89. The molecule has 0 unspecified atom stereocenters. The number of hydrazone groups is 1. The van der Waals surface area contributed by atoms with Crippen LogP contribution < -0.4 is 15.1 Å². The van der Waals surface area contributed by atoms with Gasteiger partial charge in [0, 0.05) is 37.7 Å². The van der Waals surface area contributed by atoms with Gasteiger partial charge >= 0.3 is 11.8 Å². The number of furan rings is 1. The maximum absolute atomic E-state index is 13.6. The predicted molar refractivity (Wildman–Crippen MR) is 175 cm³/mol. The molecule has 1 saturated heterocycles. The largest absolute Gasteiger partial charge is 0.495 e. The van der Waals surface area contributed by atoms with Gasteiger partial charge in [-0.15, -0.1) is 0 Å². The molecule has 13 heteroatoms. The molecular weight excluding hydrogens is 630 g/mol. The van der Waals surface area contributed by atoms with E-state index in [1.807, 2.05) is 31.2 Å². The minimum absolute atomic E-state index is 0.0572. The van der Waals surface area contributed by atoms with E-state index in [0.29, 0.717) is 37.0 Å². The van der Waals surface area contributed by atoms with Gasteiger partial charge in [0.25, 0.3) is 0 Å². The summed E-state index contributed by atoms with van der Waals surface area (Å²) in [7, 11) is -2.28. The van der Waals surface area contributed by atoms with E-state index in [4.69, 9.17) is 20.8 Å². The number of rotatable bonds is 10. The van der Waals surface area contributed by atoms with Crippen molar-refractivity contribution >= 4 is 45.3 Å². The third kappa shape index (κ3) is 7.94. The second-order valence-electron chi connectivity index (χ2n) is 10.7. The van der Waals surface area contributed by atoms with Crippen LogP contribution in [0.2, 0.25) is 5.02 Å². The number of nitrogens with zero attached hydrogens (tertiary/aromatic N) is 4. The van der Waals surface area contributed by atoms with Crippen LogP contribution in [-0.4, -0.2) is 68.9 Å². The van der Waals surface area contributed by atoms with Gasteiger partial charge in [0.05, 0.1) is 30.5 Å². The zero-order chi connectivity index (χ0) is 32.7. The van der Waals surface area contributed by atoms with Crippen molar-refractivity contribution in [2.75, 3.05) is 38.2 Å². The van der Waals surface area contributed by atoms with E-state index in [0.717, 1.165) is 22.6 Å². The van der Waals surface area contributed by atoms with Crippen LogP contribution in [0.3, 0.4) is 0 Å². The van der Waals surface area contributed by atoms with E-state index in [1.165, 1.54) is 15.4 Å². The van der Waals surface area contributed by atoms with Crippen molar-refractivity contribution in [1.82, 2.24) is 14.6 Å². The maximum atomic E-state index is 13.6. The lowest BCUT2D eigenvalue weighted by atomic mass is 10.2. The molecular formula is C33H34ClN5O6S. The topological polar surface area (TPSA) is 125 Å². The monoisotopic (exact) mass is 663 g/mol. The van der Waals surface area contributed by atoms with Crippen LogP contribution in [0.15, 0.2) is 99.3 Å². The Labute approximate surface area is 273 Å². The number of hydrogen-bond acceptors (Lipinski definition) is 8. The zero-order valence-corrected chi connectivity index (χ0v) is 27.0. The van der Waals surface area contributed by atoms with Crippen LogP contribution in [0.5, 0.6) is 5.75 Å². The number of carbonyl (C=O) groups is 2. The maximum Gasteiger partial charge on any atom is 0.329 e. The van der Waals surface area contributed by atoms with Gasteiger partial charge in [-0.05, 0) is 61.0 Å². The molecule has 1 aromatic heterocycles. The minimum Gasteiger partial charge on any atom is -0.495 e. The Hall–Kier alpha value is -4.65. The van der Waals surface area contributed by atoms with Crippen molar-refractivity contribution < 1.29 is 27.2 Å². The summed E-state index contributed by atoms with van der Waals surface area (Å²) in [5, 5.41) is 4.43. The molecule has 0 aliphatic carbocycles. The highest BCUT2D eigenvalue weighted by Crippen LogP contribution is 2.28. The number of para-hydroxylation sites is 2. The van der Waals surface area contributed by atoms with Gasteiger partial charge in [-0.1, -0.05) is 53.6 Å². The molecule has 4 aromatic rings. The first-order chi connectivity index (χ1) is 22.1. The minimum atomic E-state index is -3.89. The van der Waals surface area contributed by atoms with Crippen molar-refractivity contribution in [1.29, 1.82) is 0 Å². The number of anilines is 1. The zero-order valence-electron chi connectivity index (χ0n) is 25.4. The number of ether oxygens (including phenoxy) is 1.